The molecule has 88 valence electrons. The van der Waals surface area contributed by atoms with Gasteiger partial charge in [-0.05, 0) is 44.4 Å². The first-order valence-electron chi connectivity index (χ1n) is 6.30. The van der Waals surface area contributed by atoms with Gasteiger partial charge in [0.2, 0.25) is 0 Å². The molecule has 3 unspecified atom stereocenters. The van der Waals surface area contributed by atoms with Crippen molar-refractivity contribution in [2.45, 2.75) is 51.2 Å². The maximum Gasteiger partial charge on any atom is 0.138 e. The summed E-state index contributed by atoms with van der Waals surface area (Å²) in [5, 5.41) is 14.9. The third kappa shape index (κ3) is 1.47. The highest BCUT2D eigenvalue weighted by Gasteiger charge is 2.50. The van der Waals surface area contributed by atoms with Crippen molar-refractivity contribution in [2.75, 3.05) is 0 Å². The largest absolute Gasteiger partial charge is 0.389 e. The van der Waals surface area contributed by atoms with Crippen LogP contribution in [0.4, 0.5) is 0 Å². The van der Waals surface area contributed by atoms with E-state index in [4.69, 9.17) is 0 Å². The van der Waals surface area contributed by atoms with Crippen molar-refractivity contribution in [1.82, 2.24) is 14.8 Å². The van der Waals surface area contributed by atoms with E-state index >= 15 is 0 Å². The minimum atomic E-state index is -0.497. The molecule has 3 rings (SSSR count). The molecule has 0 aliphatic heterocycles. The van der Waals surface area contributed by atoms with Crippen LogP contribution in [0.2, 0.25) is 0 Å². The van der Waals surface area contributed by atoms with Crippen LogP contribution in [-0.2, 0) is 13.0 Å². The highest BCUT2D eigenvalue weighted by atomic mass is 16.3. The molecule has 0 spiro atoms. The molecule has 4 nitrogen and oxygen atoms in total. The molecule has 1 N–H and O–H groups in total. The average Bonchev–Trinajstić information content (AvgIpc) is 2.92. The first-order valence-corrected chi connectivity index (χ1v) is 6.30. The summed E-state index contributed by atoms with van der Waals surface area (Å²) in [4.78, 5) is 4.27. The second kappa shape index (κ2) is 3.55. The topological polar surface area (TPSA) is 50.9 Å². The van der Waals surface area contributed by atoms with Gasteiger partial charge in [0.1, 0.15) is 12.2 Å². The first-order chi connectivity index (χ1) is 7.71. The van der Waals surface area contributed by atoms with Crippen LogP contribution in [0.3, 0.4) is 0 Å². The Hall–Kier alpha value is -0.900. The molecular formula is C12H19N3O. The fourth-order valence-electron chi connectivity index (χ4n) is 3.59. The van der Waals surface area contributed by atoms with E-state index in [-0.39, 0.29) is 0 Å². The summed E-state index contributed by atoms with van der Waals surface area (Å²) in [5.74, 6) is 2.20. The van der Waals surface area contributed by atoms with Crippen LogP contribution in [-0.4, -0.2) is 25.5 Å². The lowest BCUT2D eigenvalue weighted by molar-refractivity contribution is -0.0149. The van der Waals surface area contributed by atoms with Crippen LogP contribution < -0.4 is 0 Å². The summed E-state index contributed by atoms with van der Waals surface area (Å²) in [6.07, 6.45) is 6.97. The lowest BCUT2D eigenvalue weighted by Gasteiger charge is -2.32. The first kappa shape index (κ1) is 10.3. The number of aromatic nitrogens is 3. The van der Waals surface area contributed by atoms with Crippen molar-refractivity contribution < 1.29 is 5.11 Å². The van der Waals surface area contributed by atoms with Gasteiger partial charge in [-0.3, -0.25) is 4.68 Å². The summed E-state index contributed by atoms with van der Waals surface area (Å²) >= 11 is 0. The van der Waals surface area contributed by atoms with E-state index in [2.05, 4.69) is 17.0 Å². The second-order valence-corrected chi connectivity index (χ2v) is 5.35. The number of nitrogens with zero attached hydrogens (tertiary/aromatic N) is 3. The van der Waals surface area contributed by atoms with Crippen LogP contribution in [0.25, 0.3) is 0 Å². The zero-order chi connectivity index (χ0) is 11.2. The number of aliphatic hydroxyl groups is 1. The summed E-state index contributed by atoms with van der Waals surface area (Å²) in [5.41, 5.74) is -0.497. The molecule has 2 bridgehead atoms. The lowest BCUT2D eigenvalue weighted by Crippen LogP contribution is -2.38. The van der Waals surface area contributed by atoms with Crippen molar-refractivity contribution in [3.05, 3.63) is 12.2 Å². The predicted molar refractivity (Wildman–Crippen MR) is 59.8 cm³/mol. The Labute approximate surface area is 95.7 Å². The molecule has 1 aromatic heterocycles. The lowest BCUT2D eigenvalue weighted by atomic mass is 9.81. The van der Waals surface area contributed by atoms with E-state index in [1.165, 1.54) is 19.3 Å². The molecule has 16 heavy (non-hydrogen) atoms. The molecule has 0 radical (unpaired) electrons. The molecule has 2 fully saturated rings. The molecule has 2 aliphatic carbocycles. The standard InChI is InChI=1S/C12H19N3O/c1-2-15-11(13-8-14-15)7-12(16)6-9-3-4-10(12)5-9/h8-10,16H,2-7H2,1H3. The molecule has 1 heterocycles. The minimum absolute atomic E-state index is 0.497. The smallest absolute Gasteiger partial charge is 0.138 e. The van der Waals surface area contributed by atoms with E-state index in [0.29, 0.717) is 12.3 Å². The third-order valence-electron chi connectivity index (χ3n) is 4.40. The van der Waals surface area contributed by atoms with Gasteiger partial charge in [-0.2, -0.15) is 5.10 Å². The Morgan fingerprint density at radius 3 is 3.06 bits per heavy atom. The summed E-state index contributed by atoms with van der Waals surface area (Å²) in [6.45, 7) is 2.89. The maximum absolute atomic E-state index is 10.7. The SMILES string of the molecule is CCn1ncnc1CC1(O)CC2CCC1C2. The fourth-order valence-corrected chi connectivity index (χ4v) is 3.59. The highest BCUT2D eigenvalue weighted by molar-refractivity contribution is 5.06. The van der Waals surface area contributed by atoms with Crippen LogP contribution in [0, 0.1) is 11.8 Å². The van der Waals surface area contributed by atoms with Gasteiger partial charge in [0.05, 0.1) is 5.60 Å². The molecule has 2 saturated carbocycles. The average molecular weight is 221 g/mol. The number of hydrogen-bond donors (Lipinski definition) is 1. The Morgan fingerprint density at radius 2 is 2.44 bits per heavy atom. The van der Waals surface area contributed by atoms with Crippen LogP contribution in [0.15, 0.2) is 6.33 Å². The molecular weight excluding hydrogens is 202 g/mol. The Morgan fingerprint density at radius 1 is 1.56 bits per heavy atom. The maximum atomic E-state index is 10.7. The van der Waals surface area contributed by atoms with Crippen molar-refractivity contribution >= 4 is 0 Å². The molecule has 0 amide bonds. The number of rotatable bonds is 3. The van der Waals surface area contributed by atoms with E-state index in [1.807, 2.05) is 4.68 Å². The molecule has 4 heteroatoms. The summed E-state index contributed by atoms with van der Waals surface area (Å²) in [7, 11) is 0. The zero-order valence-corrected chi connectivity index (χ0v) is 9.76. The van der Waals surface area contributed by atoms with Gasteiger partial charge in [0.25, 0.3) is 0 Å². The van der Waals surface area contributed by atoms with Gasteiger partial charge in [0.15, 0.2) is 0 Å². The van der Waals surface area contributed by atoms with E-state index in [9.17, 15) is 5.11 Å². The van der Waals surface area contributed by atoms with Gasteiger partial charge < -0.3 is 5.11 Å². The molecule has 2 aliphatic rings. The third-order valence-corrected chi connectivity index (χ3v) is 4.40. The Kier molecular flexibility index (Phi) is 2.28. The summed E-state index contributed by atoms with van der Waals surface area (Å²) in [6, 6.07) is 0. The Bertz CT molecular complexity index is 389. The predicted octanol–water partition coefficient (Wildman–Crippen LogP) is 1.39. The zero-order valence-electron chi connectivity index (χ0n) is 9.76. The van der Waals surface area contributed by atoms with E-state index in [0.717, 1.165) is 24.7 Å². The van der Waals surface area contributed by atoms with Gasteiger partial charge >= 0.3 is 0 Å². The van der Waals surface area contributed by atoms with Crippen molar-refractivity contribution in [1.29, 1.82) is 0 Å². The number of fused-ring (bicyclic) bond motifs is 2. The van der Waals surface area contributed by atoms with Crippen molar-refractivity contribution in [3.8, 4) is 0 Å². The molecule has 1 aromatic rings. The quantitative estimate of drug-likeness (QED) is 0.839. The normalized spacial score (nSPS) is 37.1. The number of hydrogen-bond acceptors (Lipinski definition) is 3. The number of aryl methyl sites for hydroxylation is 1. The van der Waals surface area contributed by atoms with E-state index in [1.54, 1.807) is 6.33 Å². The van der Waals surface area contributed by atoms with Crippen LogP contribution in [0.1, 0.15) is 38.4 Å². The molecule has 0 aromatic carbocycles. The van der Waals surface area contributed by atoms with Gasteiger partial charge in [0, 0.05) is 13.0 Å². The Balaban J connectivity index is 1.79. The minimum Gasteiger partial charge on any atom is -0.389 e. The van der Waals surface area contributed by atoms with Crippen molar-refractivity contribution in [3.63, 3.8) is 0 Å². The van der Waals surface area contributed by atoms with E-state index < -0.39 is 5.60 Å². The van der Waals surface area contributed by atoms with Crippen LogP contribution in [0.5, 0.6) is 0 Å². The van der Waals surface area contributed by atoms with Gasteiger partial charge in [-0.15, -0.1) is 0 Å². The van der Waals surface area contributed by atoms with Crippen LogP contribution >= 0.6 is 0 Å². The van der Waals surface area contributed by atoms with Gasteiger partial charge in [-0.1, -0.05) is 0 Å². The summed E-state index contributed by atoms with van der Waals surface area (Å²) < 4.78 is 1.89. The van der Waals surface area contributed by atoms with Crippen molar-refractivity contribution in [2.24, 2.45) is 11.8 Å². The molecule has 0 saturated heterocycles. The van der Waals surface area contributed by atoms with Gasteiger partial charge in [-0.25, -0.2) is 4.98 Å². The molecule has 3 atom stereocenters. The second-order valence-electron chi connectivity index (χ2n) is 5.35. The monoisotopic (exact) mass is 221 g/mol. The fraction of sp³-hybridized carbons (Fsp3) is 0.833. The highest BCUT2D eigenvalue weighted by Crippen LogP contribution is 2.51.